The molecule has 1 rings (SSSR count). The third-order valence-electron chi connectivity index (χ3n) is 3.38. The lowest BCUT2D eigenvalue weighted by atomic mass is 10.1. The van der Waals surface area contributed by atoms with E-state index in [1.165, 1.54) is 0 Å². The summed E-state index contributed by atoms with van der Waals surface area (Å²) in [5.41, 5.74) is 0. The van der Waals surface area contributed by atoms with Crippen molar-refractivity contribution in [2.24, 2.45) is 0 Å². The molecule has 0 aromatic carbocycles. The molecule has 5 nitrogen and oxygen atoms in total. The van der Waals surface area contributed by atoms with E-state index in [0.29, 0.717) is 19.4 Å². The molecule has 1 amide bonds. The zero-order valence-electron chi connectivity index (χ0n) is 11.6. The van der Waals surface area contributed by atoms with Crippen molar-refractivity contribution in [3.05, 3.63) is 0 Å². The number of carbonyl (C=O) groups is 1. The third kappa shape index (κ3) is 5.33. The number of morpholine rings is 1. The molecular formula is C13H26N2O3. The number of carbonyl (C=O) groups excluding carboxylic acids is 1. The fraction of sp³-hybridized carbons (Fsp3) is 0.923. The Hall–Kier alpha value is -0.650. The van der Waals surface area contributed by atoms with Gasteiger partial charge in [0, 0.05) is 39.1 Å². The monoisotopic (exact) mass is 258 g/mol. The van der Waals surface area contributed by atoms with E-state index >= 15 is 0 Å². The smallest absolute Gasteiger partial charge is 0.222 e. The van der Waals surface area contributed by atoms with E-state index in [4.69, 9.17) is 4.74 Å². The minimum absolute atomic E-state index is 0.140. The van der Waals surface area contributed by atoms with E-state index < -0.39 is 6.10 Å². The molecule has 1 unspecified atom stereocenters. The molecule has 0 bridgehead atoms. The van der Waals surface area contributed by atoms with Crippen LogP contribution in [-0.4, -0.2) is 72.9 Å². The molecule has 0 aromatic heterocycles. The molecule has 0 radical (unpaired) electrons. The molecule has 1 aliphatic rings. The number of aliphatic hydroxyl groups is 1. The molecule has 106 valence electrons. The van der Waals surface area contributed by atoms with E-state index in [-0.39, 0.29) is 5.91 Å². The minimum atomic E-state index is -0.414. The average molecular weight is 258 g/mol. The van der Waals surface area contributed by atoms with Gasteiger partial charge in [0.15, 0.2) is 0 Å². The summed E-state index contributed by atoms with van der Waals surface area (Å²) in [6.45, 7) is 9.33. The van der Waals surface area contributed by atoms with E-state index in [0.717, 1.165) is 39.4 Å². The number of aliphatic hydroxyl groups excluding tert-OH is 1. The summed E-state index contributed by atoms with van der Waals surface area (Å²) < 4.78 is 5.26. The number of hydrogen-bond donors (Lipinski definition) is 1. The van der Waals surface area contributed by atoms with Gasteiger partial charge >= 0.3 is 0 Å². The van der Waals surface area contributed by atoms with Gasteiger partial charge in [0.1, 0.15) is 0 Å². The zero-order valence-corrected chi connectivity index (χ0v) is 11.6. The molecule has 18 heavy (non-hydrogen) atoms. The number of ether oxygens (including phenoxy) is 1. The van der Waals surface area contributed by atoms with Crippen LogP contribution in [0.3, 0.4) is 0 Å². The third-order valence-corrected chi connectivity index (χ3v) is 3.38. The van der Waals surface area contributed by atoms with Gasteiger partial charge in [-0.25, -0.2) is 0 Å². The fourth-order valence-electron chi connectivity index (χ4n) is 2.20. The fourth-order valence-corrected chi connectivity index (χ4v) is 2.20. The van der Waals surface area contributed by atoms with Gasteiger partial charge in [-0.1, -0.05) is 0 Å². The van der Waals surface area contributed by atoms with Crippen molar-refractivity contribution < 1.29 is 14.6 Å². The Labute approximate surface area is 110 Å². The van der Waals surface area contributed by atoms with Crippen LogP contribution in [0.5, 0.6) is 0 Å². The van der Waals surface area contributed by atoms with Gasteiger partial charge in [0.25, 0.3) is 0 Å². The number of amides is 1. The Bertz CT molecular complexity index is 238. The highest BCUT2D eigenvalue weighted by atomic mass is 16.5. The van der Waals surface area contributed by atoms with Crippen molar-refractivity contribution in [3.8, 4) is 0 Å². The van der Waals surface area contributed by atoms with Crippen molar-refractivity contribution in [2.45, 2.75) is 32.8 Å². The number of rotatable bonds is 7. The van der Waals surface area contributed by atoms with Crippen molar-refractivity contribution >= 4 is 5.91 Å². The van der Waals surface area contributed by atoms with Crippen LogP contribution in [0.4, 0.5) is 0 Å². The van der Waals surface area contributed by atoms with Crippen LogP contribution in [0, 0.1) is 0 Å². The lowest BCUT2D eigenvalue weighted by molar-refractivity contribution is -0.131. The molecule has 0 spiro atoms. The normalized spacial score (nSPS) is 18.6. The number of β-amino-alcohol motifs (C(OH)–C–C–N with tert-alkyl or cyclic N) is 1. The highest BCUT2D eigenvalue weighted by Gasteiger charge is 2.17. The summed E-state index contributed by atoms with van der Waals surface area (Å²) in [6, 6.07) is 0. The molecule has 0 aromatic rings. The standard InChI is InChI=1S/C13H26N2O3/c1-3-15(4-2)13(17)6-5-12(16)11-14-7-9-18-10-8-14/h12,16H,3-11H2,1-2H3. The largest absolute Gasteiger partial charge is 0.392 e. The number of hydrogen-bond acceptors (Lipinski definition) is 4. The maximum Gasteiger partial charge on any atom is 0.222 e. The van der Waals surface area contributed by atoms with Gasteiger partial charge in [-0.3, -0.25) is 9.69 Å². The van der Waals surface area contributed by atoms with Crippen LogP contribution < -0.4 is 0 Å². The first kappa shape index (κ1) is 15.4. The second-order valence-electron chi connectivity index (χ2n) is 4.67. The summed E-state index contributed by atoms with van der Waals surface area (Å²) in [5, 5.41) is 9.92. The first-order valence-corrected chi connectivity index (χ1v) is 6.93. The highest BCUT2D eigenvalue weighted by molar-refractivity contribution is 5.76. The Kier molecular flexibility index (Phi) is 7.23. The summed E-state index contributed by atoms with van der Waals surface area (Å²) in [7, 11) is 0. The topological polar surface area (TPSA) is 53.0 Å². The summed E-state index contributed by atoms with van der Waals surface area (Å²) in [5.74, 6) is 0.140. The van der Waals surface area contributed by atoms with Gasteiger partial charge in [-0.15, -0.1) is 0 Å². The second-order valence-corrected chi connectivity index (χ2v) is 4.67. The van der Waals surface area contributed by atoms with Crippen LogP contribution in [0.25, 0.3) is 0 Å². The van der Waals surface area contributed by atoms with Crippen LogP contribution in [0.1, 0.15) is 26.7 Å². The molecule has 0 aliphatic carbocycles. The highest BCUT2D eigenvalue weighted by Crippen LogP contribution is 2.05. The Balaban J connectivity index is 2.19. The first-order valence-electron chi connectivity index (χ1n) is 6.93. The van der Waals surface area contributed by atoms with Crippen LogP contribution in [0.2, 0.25) is 0 Å². The predicted octanol–water partition coefficient (Wildman–Crippen LogP) is 0.328. The quantitative estimate of drug-likeness (QED) is 0.715. The van der Waals surface area contributed by atoms with Gasteiger partial charge < -0.3 is 14.7 Å². The van der Waals surface area contributed by atoms with Crippen molar-refractivity contribution in [2.75, 3.05) is 45.9 Å². The van der Waals surface area contributed by atoms with Crippen molar-refractivity contribution in [1.82, 2.24) is 9.80 Å². The molecular weight excluding hydrogens is 232 g/mol. The van der Waals surface area contributed by atoms with Crippen LogP contribution in [0.15, 0.2) is 0 Å². The maximum absolute atomic E-state index is 11.8. The molecule has 1 fully saturated rings. The van der Waals surface area contributed by atoms with E-state index in [1.54, 1.807) is 4.90 Å². The van der Waals surface area contributed by atoms with E-state index in [2.05, 4.69) is 4.90 Å². The lowest BCUT2D eigenvalue weighted by Gasteiger charge is -2.28. The molecule has 1 saturated heterocycles. The van der Waals surface area contributed by atoms with E-state index in [9.17, 15) is 9.90 Å². The Morgan fingerprint density at radius 3 is 2.50 bits per heavy atom. The molecule has 5 heteroatoms. The minimum Gasteiger partial charge on any atom is -0.392 e. The summed E-state index contributed by atoms with van der Waals surface area (Å²) >= 11 is 0. The van der Waals surface area contributed by atoms with Crippen LogP contribution >= 0.6 is 0 Å². The molecule has 1 atom stereocenters. The molecule has 1 heterocycles. The maximum atomic E-state index is 11.8. The lowest BCUT2D eigenvalue weighted by Crippen LogP contribution is -2.41. The Morgan fingerprint density at radius 1 is 1.33 bits per heavy atom. The molecule has 1 aliphatic heterocycles. The van der Waals surface area contributed by atoms with Crippen molar-refractivity contribution in [3.63, 3.8) is 0 Å². The molecule has 1 N–H and O–H groups in total. The predicted molar refractivity (Wildman–Crippen MR) is 70.4 cm³/mol. The van der Waals surface area contributed by atoms with Gasteiger partial charge in [-0.2, -0.15) is 0 Å². The Morgan fingerprint density at radius 2 is 1.94 bits per heavy atom. The first-order chi connectivity index (χ1) is 8.67. The SMILES string of the molecule is CCN(CC)C(=O)CCC(O)CN1CCOCC1. The summed E-state index contributed by atoms with van der Waals surface area (Å²) in [4.78, 5) is 15.8. The second kappa shape index (κ2) is 8.45. The van der Waals surface area contributed by atoms with Gasteiger partial charge in [0.05, 0.1) is 19.3 Å². The average Bonchev–Trinajstić information content (AvgIpc) is 2.39. The van der Waals surface area contributed by atoms with Crippen LogP contribution in [-0.2, 0) is 9.53 Å². The van der Waals surface area contributed by atoms with Gasteiger partial charge in [-0.05, 0) is 20.3 Å². The van der Waals surface area contributed by atoms with E-state index in [1.807, 2.05) is 13.8 Å². The summed E-state index contributed by atoms with van der Waals surface area (Å²) in [6.07, 6.45) is 0.572. The van der Waals surface area contributed by atoms with Crippen molar-refractivity contribution in [1.29, 1.82) is 0 Å². The molecule has 0 saturated carbocycles. The zero-order chi connectivity index (χ0) is 13.4. The van der Waals surface area contributed by atoms with Gasteiger partial charge in [0.2, 0.25) is 5.91 Å². The number of nitrogens with zero attached hydrogens (tertiary/aromatic N) is 2.